The van der Waals surface area contributed by atoms with Crippen LogP contribution in [0.4, 0.5) is 0 Å². The van der Waals surface area contributed by atoms with Crippen molar-refractivity contribution in [2.45, 2.75) is 13.0 Å². The SMILES string of the molecule is CC(NC(=O)CN1CCN(C(=O)c2cccc(Cl)c2)CC1)c1ccccc1. The molecule has 2 aromatic carbocycles. The van der Waals surface area contributed by atoms with Crippen molar-refractivity contribution in [3.8, 4) is 0 Å². The molecule has 1 fully saturated rings. The first-order valence-electron chi connectivity index (χ1n) is 9.14. The van der Waals surface area contributed by atoms with Gasteiger partial charge in [0.2, 0.25) is 5.91 Å². The summed E-state index contributed by atoms with van der Waals surface area (Å²) < 4.78 is 0. The lowest BCUT2D eigenvalue weighted by atomic mass is 10.1. The third-order valence-corrected chi connectivity index (χ3v) is 5.01. The second-order valence-corrected chi connectivity index (χ2v) is 7.22. The minimum absolute atomic E-state index is 0.000899. The van der Waals surface area contributed by atoms with Crippen LogP contribution in [-0.4, -0.2) is 54.3 Å². The molecule has 0 aromatic heterocycles. The van der Waals surface area contributed by atoms with E-state index in [1.54, 1.807) is 24.3 Å². The van der Waals surface area contributed by atoms with Crippen LogP contribution in [0.2, 0.25) is 5.02 Å². The first-order chi connectivity index (χ1) is 13.0. The van der Waals surface area contributed by atoms with Crippen molar-refractivity contribution in [2.75, 3.05) is 32.7 Å². The quantitative estimate of drug-likeness (QED) is 0.860. The summed E-state index contributed by atoms with van der Waals surface area (Å²) in [4.78, 5) is 28.8. The highest BCUT2D eigenvalue weighted by Crippen LogP contribution is 2.14. The van der Waals surface area contributed by atoms with Gasteiger partial charge in [-0.1, -0.05) is 48.0 Å². The van der Waals surface area contributed by atoms with Gasteiger partial charge in [-0.05, 0) is 30.7 Å². The molecule has 1 aliphatic heterocycles. The van der Waals surface area contributed by atoms with Crippen LogP contribution in [0, 0.1) is 0 Å². The van der Waals surface area contributed by atoms with E-state index in [1.165, 1.54) is 0 Å². The van der Waals surface area contributed by atoms with Crippen LogP contribution in [-0.2, 0) is 4.79 Å². The molecule has 1 atom stereocenters. The van der Waals surface area contributed by atoms with Gasteiger partial charge in [-0.3, -0.25) is 14.5 Å². The molecule has 0 spiro atoms. The molecule has 0 saturated carbocycles. The minimum atomic E-state index is -0.0237. The topological polar surface area (TPSA) is 52.7 Å². The smallest absolute Gasteiger partial charge is 0.253 e. The molecule has 1 heterocycles. The summed E-state index contributed by atoms with van der Waals surface area (Å²) in [6.07, 6.45) is 0. The summed E-state index contributed by atoms with van der Waals surface area (Å²) in [6, 6.07) is 16.9. The molecule has 142 valence electrons. The molecule has 0 aliphatic carbocycles. The minimum Gasteiger partial charge on any atom is -0.348 e. The van der Waals surface area contributed by atoms with Crippen LogP contribution in [0.25, 0.3) is 0 Å². The molecule has 0 bridgehead atoms. The van der Waals surface area contributed by atoms with Gasteiger partial charge >= 0.3 is 0 Å². The average Bonchev–Trinajstić information content (AvgIpc) is 2.68. The summed E-state index contributed by atoms with van der Waals surface area (Å²) in [6.45, 7) is 4.89. The van der Waals surface area contributed by atoms with Crippen molar-refractivity contribution in [3.05, 3.63) is 70.7 Å². The van der Waals surface area contributed by atoms with Crippen LogP contribution in [0.15, 0.2) is 54.6 Å². The zero-order chi connectivity index (χ0) is 19.2. The number of piperazine rings is 1. The van der Waals surface area contributed by atoms with E-state index in [2.05, 4.69) is 10.2 Å². The number of benzene rings is 2. The van der Waals surface area contributed by atoms with Crippen molar-refractivity contribution in [1.29, 1.82) is 0 Å². The van der Waals surface area contributed by atoms with E-state index in [-0.39, 0.29) is 17.9 Å². The molecule has 6 heteroatoms. The normalized spacial score (nSPS) is 16.0. The number of carbonyl (C=O) groups excluding carboxylic acids is 2. The number of hydrogen-bond acceptors (Lipinski definition) is 3. The zero-order valence-corrected chi connectivity index (χ0v) is 16.2. The van der Waals surface area contributed by atoms with Gasteiger partial charge in [0.25, 0.3) is 5.91 Å². The van der Waals surface area contributed by atoms with Crippen molar-refractivity contribution in [1.82, 2.24) is 15.1 Å². The Bertz CT molecular complexity index is 789. The van der Waals surface area contributed by atoms with Crippen LogP contribution >= 0.6 is 11.6 Å². The van der Waals surface area contributed by atoms with E-state index < -0.39 is 0 Å². The lowest BCUT2D eigenvalue weighted by molar-refractivity contribution is -0.123. The molecule has 1 N–H and O–H groups in total. The lowest BCUT2D eigenvalue weighted by Crippen LogP contribution is -2.51. The van der Waals surface area contributed by atoms with Gasteiger partial charge in [-0.25, -0.2) is 0 Å². The molecule has 2 aromatic rings. The van der Waals surface area contributed by atoms with E-state index in [4.69, 9.17) is 11.6 Å². The molecule has 27 heavy (non-hydrogen) atoms. The van der Waals surface area contributed by atoms with Crippen LogP contribution in [0.5, 0.6) is 0 Å². The fourth-order valence-corrected chi connectivity index (χ4v) is 3.42. The van der Waals surface area contributed by atoms with Gasteiger partial charge in [-0.2, -0.15) is 0 Å². The second-order valence-electron chi connectivity index (χ2n) is 6.78. The Kier molecular flexibility index (Phi) is 6.48. The van der Waals surface area contributed by atoms with Crippen molar-refractivity contribution in [2.24, 2.45) is 0 Å². The van der Waals surface area contributed by atoms with Crippen LogP contribution in [0.1, 0.15) is 28.9 Å². The van der Waals surface area contributed by atoms with Crippen molar-refractivity contribution in [3.63, 3.8) is 0 Å². The highest BCUT2D eigenvalue weighted by atomic mass is 35.5. The Morgan fingerprint density at radius 1 is 1.04 bits per heavy atom. The maximum atomic E-state index is 12.6. The number of amides is 2. The Hall–Kier alpha value is -2.37. The Morgan fingerprint density at radius 3 is 2.41 bits per heavy atom. The van der Waals surface area contributed by atoms with E-state index in [1.807, 2.05) is 42.2 Å². The summed E-state index contributed by atoms with van der Waals surface area (Å²) in [7, 11) is 0. The predicted molar refractivity (Wildman–Crippen MR) is 107 cm³/mol. The summed E-state index contributed by atoms with van der Waals surface area (Å²) in [5.41, 5.74) is 1.69. The number of hydrogen-bond donors (Lipinski definition) is 1. The number of nitrogens with zero attached hydrogens (tertiary/aromatic N) is 2. The zero-order valence-electron chi connectivity index (χ0n) is 15.4. The highest BCUT2D eigenvalue weighted by molar-refractivity contribution is 6.30. The number of rotatable bonds is 5. The van der Waals surface area contributed by atoms with E-state index in [0.29, 0.717) is 43.3 Å². The Labute approximate surface area is 164 Å². The second kappa shape index (κ2) is 9.02. The fourth-order valence-electron chi connectivity index (χ4n) is 3.23. The number of halogens is 1. The maximum Gasteiger partial charge on any atom is 0.253 e. The highest BCUT2D eigenvalue weighted by Gasteiger charge is 2.23. The molecular formula is C21H24ClN3O2. The molecule has 1 aliphatic rings. The molecule has 2 amide bonds. The fraction of sp³-hybridized carbons (Fsp3) is 0.333. The van der Waals surface area contributed by atoms with E-state index in [9.17, 15) is 9.59 Å². The lowest BCUT2D eigenvalue weighted by Gasteiger charge is -2.34. The molecular weight excluding hydrogens is 362 g/mol. The largest absolute Gasteiger partial charge is 0.348 e. The van der Waals surface area contributed by atoms with Crippen LogP contribution in [0.3, 0.4) is 0 Å². The summed E-state index contributed by atoms with van der Waals surface area (Å²) in [5.74, 6) is -0.0136. The van der Waals surface area contributed by atoms with E-state index >= 15 is 0 Å². The standard InChI is InChI=1S/C21H24ClN3O2/c1-16(17-6-3-2-4-7-17)23-20(26)15-24-10-12-25(13-11-24)21(27)18-8-5-9-19(22)14-18/h2-9,14,16H,10-13,15H2,1H3,(H,23,26). The Balaban J connectivity index is 1.46. The molecule has 1 unspecified atom stereocenters. The number of nitrogens with one attached hydrogen (secondary N) is 1. The van der Waals surface area contributed by atoms with Crippen LogP contribution < -0.4 is 5.32 Å². The summed E-state index contributed by atoms with van der Waals surface area (Å²) in [5, 5.41) is 3.59. The molecule has 5 nitrogen and oxygen atoms in total. The van der Waals surface area contributed by atoms with Gasteiger partial charge in [0, 0.05) is 36.8 Å². The first-order valence-corrected chi connectivity index (χ1v) is 9.52. The molecule has 3 rings (SSSR count). The predicted octanol–water partition coefficient (Wildman–Crippen LogP) is 2.98. The third-order valence-electron chi connectivity index (χ3n) is 4.78. The molecule has 0 radical (unpaired) electrons. The van der Waals surface area contributed by atoms with Crippen molar-refractivity contribution < 1.29 is 9.59 Å². The van der Waals surface area contributed by atoms with Gasteiger partial charge in [0.15, 0.2) is 0 Å². The Morgan fingerprint density at radius 2 is 1.74 bits per heavy atom. The van der Waals surface area contributed by atoms with Gasteiger partial charge in [-0.15, -0.1) is 0 Å². The van der Waals surface area contributed by atoms with Crippen molar-refractivity contribution >= 4 is 23.4 Å². The molecule has 1 saturated heterocycles. The third kappa shape index (κ3) is 5.31. The monoisotopic (exact) mass is 385 g/mol. The van der Waals surface area contributed by atoms with Gasteiger partial charge in [0.05, 0.1) is 12.6 Å². The first kappa shape index (κ1) is 19.4. The number of carbonyl (C=O) groups is 2. The van der Waals surface area contributed by atoms with Gasteiger partial charge in [0.1, 0.15) is 0 Å². The van der Waals surface area contributed by atoms with E-state index in [0.717, 1.165) is 5.56 Å². The summed E-state index contributed by atoms with van der Waals surface area (Å²) >= 11 is 5.97. The average molecular weight is 386 g/mol. The maximum absolute atomic E-state index is 12.6. The van der Waals surface area contributed by atoms with Gasteiger partial charge < -0.3 is 10.2 Å².